The zero-order valence-electron chi connectivity index (χ0n) is 28.5. The lowest BCUT2D eigenvalue weighted by molar-refractivity contribution is 1.26. The predicted molar refractivity (Wildman–Crippen MR) is 224 cm³/mol. The zero-order valence-corrected chi connectivity index (χ0v) is 30.1. The molecule has 51 heavy (non-hydrogen) atoms. The van der Waals surface area contributed by atoms with Gasteiger partial charge in [-0.1, -0.05) is 121 Å². The van der Waals surface area contributed by atoms with Crippen LogP contribution in [0.1, 0.15) is 0 Å². The molecule has 0 bridgehead atoms. The third-order valence-electron chi connectivity index (χ3n) is 10.5. The lowest BCUT2D eigenvalue weighted by Gasteiger charge is -2.31. The first-order valence-corrected chi connectivity index (χ1v) is 20.7. The lowest BCUT2D eigenvalue weighted by Crippen LogP contribution is -2.10. The minimum absolute atomic E-state index is 1.14. The highest BCUT2D eigenvalue weighted by atomic mass is 32.3. The van der Waals surface area contributed by atoms with E-state index >= 15 is 0 Å². The normalized spacial score (nSPS) is 13.7. The lowest BCUT2D eigenvalue weighted by atomic mass is 9.99. The molecule has 2 heterocycles. The van der Waals surface area contributed by atoms with Crippen molar-refractivity contribution in [3.8, 4) is 33.4 Å². The van der Waals surface area contributed by atoms with Crippen LogP contribution in [0, 0.1) is 0 Å². The number of thiophene rings is 1. The molecule has 1 nitrogen and oxygen atoms in total. The average Bonchev–Trinajstić information content (AvgIpc) is 3.67. The fourth-order valence-corrected chi connectivity index (χ4v) is 11.8. The summed E-state index contributed by atoms with van der Waals surface area (Å²) in [7, 11) is -1.26. The first-order valence-electron chi connectivity index (χ1n) is 17.4. The van der Waals surface area contributed by atoms with Crippen molar-refractivity contribution in [2.24, 2.45) is 0 Å². The Bertz CT molecular complexity index is 2790. The highest BCUT2D eigenvalue weighted by Gasteiger charge is 2.34. The first kappa shape index (κ1) is 30.2. The first-order chi connectivity index (χ1) is 25.0. The van der Waals surface area contributed by atoms with Crippen LogP contribution in [0.15, 0.2) is 186 Å². The van der Waals surface area contributed by atoms with E-state index in [1.165, 1.54) is 79.8 Å². The number of rotatable bonds is 5. The van der Waals surface area contributed by atoms with Crippen LogP contribution in [0.3, 0.4) is 0 Å². The molecule has 1 aliphatic rings. The summed E-state index contributed by atoms with van der Waals surface area (Å²) in [5, 5.41) is 5.23. The van der Waals surface area contributed by atoms with Gasteiger partial charge in [-0.05, 0) is 106 Å². The van der Waals surface area contributed by atoms with E-state index in [0.29, 0.717) is 0 Å². The van der Waals surface area contributed by atoms with Gasteiger partial charge in [0, 0.05) is 52.6 Å². The second-order valence-corrected chi connectivity index (χ2v) is 18.4. The second-order valence-electron chi connectivity index (χ2n) is 13.8. The van der Waals surface area contributed by atoms with Crippen molar-refractivity contribution in [2.75, 3.05) is 17.4 Å². The van der Waals surface area contributed by atoms with Gasteiger partial charge in [-0.25, -0.2) is 0 Å². The summed E-state index contributed by atoms with van der Waals surface area (Å²) in [6, 6.07) is 64.9. The summed E-state index contributed by atoms with van der Waals surface area (Å²) in [6.45, 7) is 0. The quantitative estimate of drug-likeness (QED) is 0.174. The molecule has 9 aromatic rings. The molecule has 244 valence electrons. The Morgan fingerprint density at radius 3 is 1.88 bits per heavy atom. The van der Waals surface area contributed by atoms with Crippen LogP contribution in [-0.4, -0.2) is 12.5 Å². The Labute approximate surface area is 304 Å². The Morgan fingerprint density at radius 1 is 0.431 bits per heavy atom. The average molecular weight is 690 g/mol. The molecule has 0 atom stereocenters. The van der Waals surface area contributed by atoms with E-state index in [2.05, 4.69) is 193 Å². The molecule has 0 N–H and O–H groups in total. The van der Waals surface area contributed by atoms with Gasteiger partial charge in [-0.2, -0.15) is 10.0 Å². The van der Waals surface area contributed by atoms with E-state index in [1.807, 2.05) is 11.3 Å². The Balaban J connectivity index is 1.16. The SMILES string of the molecule is CS1(C)c2cc(N(c3cccc(-c4ccccc4)c3)c3cccc(-c4ccc5ccccc5c4)c3)ccc2-c2c1ccc1c2sc2ccccc21. The summed E-state index contributed by atoms with van der Waals surface area (Å²) >= 11 is 1.94. The molecule has 8 aromatic carbocycles. The van der Waals surface area contributed by atoms with Crippen LogP contribution in [0.4, 0.5) is 17.1 Å². The van der Waals surface area contributed by atoms with Gasteiger partial charge in [0.25, 0.3) is 0 Å². The molecule has 0 amide bonds. The van der Waals surface area contributed by atoms with Crippen LogP contribution >= 0.6 is 21.4 Å². The van der Waals surface area contributed by atoms with Crippen molar-refractivity contribution in [1.82, 2.24) is 0 Å². The van der Waals surface area contributed by atoms with Crippen molar-refractivity contribution >= 4 is 69.4 Å². The van der Waals surface area contributed by atoms with Gasteiger partial charge in [0.1, 0.15) is 0 Å². The largest absolute Gasteiger partial charge is 0.310 e. The molecule has 0 aliphatic carbocycles. The van der Waals surface area contributed by atoms with Gasteiger partial charge in [-0.3, -0.25) is 0 Å². The minimum atomic E-state index is -1.26. The standard InChI is InChI=1S/C48H35NS2/c1-51(2)45-27-26-42-41-20-8-9-21-44(41)50-48(42)47(45)43-25-24-40(31-46(43)51)49(38-18-10-16-35(29-38)32-12-4-3-5-13-32)39-19-11-17-36(30-39)37-23-22-33-14-6-7-15-34(33)28-37/h3-31H,1-2H3. The van der Waals surface area contributed by atoms with Crippen LogP contribution < -0.4 is 4.90 Å². The van der Waals surface area contributed by atoms with Crippen molar-refractivity contribution in [3.05, 3.63) is 176 Å². The fourth-order valence-electron chi connectivity index (χ4n) is 7.94. The van der Waals surface area contributed by atoms with E-state index in [0.717, 1.165) is 11.4 Å². The Morgan fingerprint density at radius 2 is 1.08 bits per heavy atom. The van der Waals surface area contributed by atoms with Crippen LogP contribution in [0.5, 0.6) is 0 Å². The van der Waals surface area contributed by atoms with Crippen LogP contribution in [0.2, 0.25) is 0 Å². The Hall–Kier alpha value is -5.61. The number of fused-ring (bicyclic) bond motifs is 8. The van der Waals surface area contributed by atoms with E-state index < -0.39 is 10.0 Å². The molecule has 1 aliphatic heterocycles. The van der Waals surface area contributed by atoms with Gasteiger partial charge >= 0.3 is 0 Å². The zero-order chi connectivity index (χ0) is 34.1. The summed E-state index contributed by atoms with van der Waals surface area (Å²) in [5.41, 5.74) is 11.1. The maximum Gasteiger partial charge on any atom is 0.0472 e. The van der Waals surface area contributed by atoms with Gasteiger partial charge < -0.3 is 4.90 Å². The number of benzene rings is 8. The van der Waals surface area contributed by atoms with Gasteiger partial charge in [0.2, 0.25) is 0 Å². The molecule has 0 unspecified atom stereocenters. The molecule has 10 rings (SSSR count). The highest BCUT2D eigenvalue weighted by molar-refractivity contribution is 8.33. The Kier molecular flexibility index (Phi) is 6.96. The van der Waals surface area contributed by atoms with Crippen LogP contribution in [0.25, 0.3) is 64.3 Å². The summed E-state index contributed by atoms with van der Waals surface area (Å²) in [5.74, 6) is 0. The molecule has 0 fully saturated rings. The van der Waals surface area contributed by atoms with Crippen molar-refractivity contribution < 1.29 is 0 Å². The summed E-state index contributed by atoms with van der Waals surface area (Å²) < 4.78 is 2.77. The number of hydrogen-bond acceptors (Lipinski definition) is 2. The van der Waals surface area contributed by atoms with E-state index in [1.54, 1.807) is 0 Å². The van der Waals surface area contributed by atoms with E-state index in [-0.39, 0.29) is 0 Å². The second kappa shape index (κ2) is 11.7. The highest BCUT2D eigenvalue weighted by Crippen LogP contribution is 2.69. The monoisotopic (exact) mass is 689 g/mol. The van der Waals surface area contributed by atoms with E-state index in [9.17, 15) is 0 Å². The minimum Gasteiger partial charge on any atom is -0.310 e. The molecule has 0 saturated carbocycles. The maximum atomic E-state index is 2.49. The molecule has 0 saturated heterocycles. The summed E-state index contributed by atoms with van der Waals surface area (Å²) in [6.07, 6.45) is 4.95. The number of hydrogen-bond donors (Lipinski definition) is 0. The number of anilines is 3. The summed E-state index contributed by atoms with van der Waals surface area (Å²) in [4.78, 5) is 5.39. The number of nitrogens with zero attached hydrogens (tertiary/aromatic N) is 1. The van der Waals surface area contributed by atoms with Crippen molar-refractivity contribution in [2.45, 2.75) is 9.79 Å². The molecule has 3 heteroatoms. The molecular weight excluding hydrogens is 655 g/mol. The van der Waals surface area contributed by atoms with Gasteiger partial charge in [-0.15, -0.1) is 11.3 Å². The van der Waals surface area contributed by atoms with Crippen LogP contribution in [-0.2, 0) is 0 Å². The van der Waals surface area contributed by atoms with Crippen molar-refractivity contribution in [3.63, 3.8) is 0 Å². The predicted octanol–water partition coefficient (Wildman–Crippen LogP) is 14.5. The molecular formula is C48H35NS2. The fraction of sp³-hybridized carbons (Fsp3) is 0.0417. The van der Waals surface area contributed by atoms with Gasteiger partial charge in [0.15, 0.2) is 0 Å². The van der Waals surface area contributed by atoms with Gasteiger partial charge in [0.05, 0.1) is 0 Å². The topological polar surface area (TPSA) is 3.24 Å². The smallest absolute Gasteiger partial charge is 0.0472 e. The molecule has 0 radical (unpaired) electrons. The maximum absolute atomic E-state index is 2.49. The third kappa shape index (κ3) is 4.92. The molecule has 1 aromatic heterocycles. The van der Waals surface area contributed by atoms with Crippen molar-refractivity contribution in [1.29, 1.82) is 0 Å². The molecule has 0 spiro atoms. The van der Waals surface area contributed by atoms with E-state index in [4.69, 9.17) is 0 Å². The third-order valence-corrected chi connectivity index (χ3v) is 14.6.